The first-order valence-electron chi connectivity index (χ1n) is 13.5. The van der Waals surface area contributed by atoms with Crippen molar-refractivity contribution < 1.29 is 39.9 Å². The van der Waals surface area contributed by atoms with Crippen LogP contribution in [0.4, 0.5) is 0 Å². The van der Waals surface area contributed by atoms with Gasteiger partial charge in [-0.3, -0.25) is 14.4 Å². The van der Waals surface area contributed by atoms with Gasteiger partial charge in [0.1, 0.15) is 22.8 Å². The number of aliphatic hydroxyl groups is 4. The van der Waals surface area contributed by atoms with E-state index >= 15 is 0 Å². The zero-order chi connectivity index (χ0) is 29.0. The summed E-state index contributed by atoms with van der Waals surface area (Å²) in [7, 11) is 0. The second kappa shape index (κ2) is 8.38. The van der Waals surface area contributed by atoms with Gasteiger partial charge in [-0.15, -0.1) is 0 Å². The van der Waals surface area contributed by atoms with Crippen LogP contribution in [0.15, 0.2) is 41.2 Å². The molecular formula is C31H36O8. The molecule has 8 heteroatoms. The maximum atomic E-state index is 14.5. The number of allylic oxidation sites excluding steroid dienone is 3. The fraction of sp³-hybridized carbons (Fsp3) is 0.516. The molecule has 1 aromatic carbocycles. The smallest absolute Gasteiger partial charge is 0.203 e. The predicted octanol–water partition coefficient (Wildman–Crippen LogP) is 4.16. The molecular weight excluding hydrogens is 500 g/mol. The Morgan fingerprint density at radius 2 is 1.69 bits per heavy atom. The quantitative estimate of drug-likeness (QED) is 0.285. The van der Waals surface area contributed by atoms with E-state index in [9.17, 15) is 39.9 Å². The van der Waals surface area contributed by atoms with Crippen molar-refractivity contribution >= 4 is 23.1 Å². The van der Waals surface area contributed by atoms with Crippen LogP contribution in [-0.4, -0.2) is 54.6 Å². The van der Waals surface area contributed by atoms with Crippen LogP contribution in [0.25, 0.3) is 5.76 Å². The molecule has 39 heavy (non-hydrogen) atoms. The number of hydrogen-bond donors (Lipinski definition) is 5. The summed E-state index contributed by atoms with van der Waals surface area (Å²) in [4.78, 5) is 40.6. The van der Waals surface area contributed by atoms with Crippen LogP contribution in [0.2, 0.25) is 0 Å². The average Bonchev–Trinajstić information content (AvgIpc) is 3.38. The molecule has 4 aliphatic rings. The molecule has 0 amide bonds. The molecule has 1 aromatic rings. The van der Waals surface area contributed by atoms with E-state index in [1.54, 1.807) is 39.8 Å². The Bertz CT molecular complexity index is 1430. The fourth-order valence-corrected chi connectivity index (χ4v) is 8.13. The van der Waals surface area contributed by atoms with Gasteiger partial charge in [0.15, 0.2) is 17.2 Å². The van der Waals surface area contributed by atoms with Gasteiger partial charge in [0.2, 0.25) is 5.78 Å². The molecule has 0 aliphatic heterocycles. The molecule has 2 unspecified atom stereocenters. The van der Waals surface area contributed by atoms with E-state index in [0.717, 1.165) is 19.8 Å². The number of aliphatic hydroxyl groups excluding tert-OH is 3. The van der Waals surface area contributed by atoms with Gasteiger partial charge in [0.25, 0.3) is 0 Å². The van der Waals surface area contributed by atoms with E-state index in [0.29, 0.717) is 11.1 Å². The van der Waals surface area contributed by atoms with E-state index in [2.05, 4.69) is 0 Å². The largest absolute Gasteiger partial charge is 0.508 e. The molecule has 0 radical (unpaired) electrons. The lowest BCUT2D eigenvalue weighted by Gasteiger charge is -2.63. The molecule has 1 fully saturated rings. The van der Waals surface area contributed by atoms with Crippen molar-refractivity contribution in [3.8, 4) is 5.75 Å². The van der Waals surface area contributed by atoms with E-state index in [-0.39, 0.29) is 22.8 Å². The van der Waals surface area contributed by atoms with E-state index < -0.39 is 74.7 Å². The number of carbonyl (C=O) groups excluding carboxylic acids is 3. The summed E-state index contributed by atoms with van der Waals surface area (Å²) >= 11 is 0. The van der Waals surface area contributed by atoms with E-state index in [1.807, 2.05) is 12.2 Å². The molecule has 5 N–H and O–H groups in total. The first-order chi connectivity index (χ1) is 18.1. The summed E-state index contributed by atoms with van der Waals surface area (Å²) in [6, 6.07) is 3.56. The number of ketones is 3. The average molecular weight is 537 g/mol. The number of aromatic hydroxyl groups is 1. The van der Waals surface area contributed by atoms with Crippen LogP contribution < -0.4 is 0 Å². The molecule has 4 aliphatic carbocycles. The van der Waals surface area contributed by atoms with Crippen molar-refractivity contribution in [1.82, 2.24) is 0 Å². The van der Waals surface area contributed by atoms with Crippen LogP contribution in [0.3, 0.4) is 0 Å². The first kappa shape index (κ1) is 27.3. The Hall–Kier alpha value is -3.23. The third-order valence-electron chi connectivity index (χ3n) is 10.3. The Kier molecular flexibility index (Phi) is 5.88. The lowest BCUT2D eigenvalue weighted by atomic mass is 9.40. The van der Waals surface area contributed by atoms with Crippen molar-refractivity contribution in [2.24, 2.45) is 22.7 Å². The standard InChI is InChI=1S/C31H36O8/c1-13(2)21-24(34)19(15(4)32)26(36)31(39)27(37)22-25(35)20-17(14(3)29(22,5)28(38)30(21,31)6)11-12-18(23(20)33)16-9-7-8-10-16/h7,9,11-14,16,21,28,33,35-36,38-39H,8,10H2,1-6H3/t14-,16?,21?,28-,29+,30+,31+/m1/s1. The molecule has 8 nitrogen and oxygen atoms in total. The van der Waals surface area contributed by atoms with Crippen LogP contribution in [0, 0.1) is 22.7 Å². The molecule has 0 saturated heterocycles. The van der Waals surface area contributed by atoms with Gasteiger partial charge in [-0.05, 0) is 37.2 Å². The summed E-state index contributed by atoms with van der Waals surface area (Å²) in [6.45, 7) is 9.18. The number of phenolic OH excluding ortho intramolecular Hbond substituents is 1. The molecule has 5 rings (SSSR count). The Labute approximate surface area is 227 Å². The maximum Gasteiger partial charge on any atom is 0.203 e. The molecule has 7 atom stereocenters. The Balaban J connectivity index is 1.86. The zero-order valence-electron chi connectivity index (χ0n) is 23.1. The maximum absolute atomic E-state index is 14.5. The number of carbonyl (C=O) groups is 3. The van der Waals surface area contributed by atoms with Crippen molar-refractivity contribution in [1.29, 1.82) is 0 Å². The zero-order valence-corrected chi connectivity index (χ0v) is 23.1. The highest BCUT2D eigenvalue weighted by atomic mass is 16.4. The molecule has 0 spiro atoms. The minimum absolute atomic E-state index is 0.0445. The molecule has 1 saturated carbocycles. The third-order valence-corrected chi connectivity index (χ3v) is 10.3. The highest BCUT2D eigenvalue weighted by Crippen LogP contribution is 2.67. The van der Waals surface area contributed by atoms with Crippen molar-refractivity contribution in [3.05, 3.63) is 57.9 Å². The monoisotopic (exact) mass is 536 g/mol. The van der Waals surface area contributed by atoms with Crippen molar-refractivity contribution in [2.45, 2.75) is 77.9 Å². The highest BCUT2D eigenvalue weighted by molar-refractivity contribution is 6.24. The minimum Gasteiger partial charge on any atom is -0.508 e. The Morgan fingerprint density at radius 3 is 2.23 bits per heavy atom. The fourth-order valence-electron chi connectivity index (χ4n) is 8.13. The van der Waals surface area contributed by atoms with E-state index in [1.165, 1.54) is 6.92 Å². The number of Topliss-reactive ketones (excluding diaryl/α,β-unsaturated/α-hetero) is 3. The summed E-state index contributed by atoms with van der Waals surface area (Å²) in [5.74, 6) is -7.01. The molecule has 208 valence electrons. The van der Waals surface area contributed by atoms with Gasteiger partial charge in [0.05, 0.1) is 17.2 Å². The minimum atomic E-state index is -2.88. The van der Waals surface area contributed by atoms with Gasteiger partial charge in [-0.1, -0.05) is 58.9 Å². The SMILES string of the molecule is CC(=O)C1=C(O)[C@]2(O)C(=O)C3=C(O)c4c(ccc(C5C=CCC5)c4O)[C@@H](C)[C@]3(C)[C@@H](O)[C@]2(C)C(C(C)C)C1=O. The molecule has 0 bridgehead atoms. The normalized spacial score (nSPS) is 37.8. The number of hydrogen-bond acceptors (Lipinski definition) is 8. The topological polar surface area (TPSA) is 152 Å². The number of fused-ring (bicyclic) bond motifs is 3. The second-order valence-corrected chi connectivity index (χ2v) is 12.4. The van der Waals surface area contributed by atoms with Crippen molar-refractivity contribution in [2.75, 3.05) is 0 Å². The van der Waals surface area contributed by atoms with Crippen LogP contribution in [-0.2, 0) is 14.4 Å². The summed E-state index contributed by atoms with van der Waals surface area (Å²) in [6.07, 6.45) is 3.99. The summed E-state index contributed by atoms with van der Waals surface area (Å²) in [5.41, 5.74) is -6.23. The van der Waals surface area contributed by atoms with Crippen molar-refractivity contribution in [3.63, 3.8) is 0 Å². The van der Waals surface area contributed by atoms with Gasteiger partial charge in [-0.2, -0.15) is 0 Å². The van der Waals surface area contributed by atoms with Gasteiger partial charge >= 0.3 is 0 Å². The summed E-state index contributed by atoms with van der Waals surface area (Å²) in [5, 5.41) is 58.7. The van der Waals surface area contributed by atoms with Crippen LogP contribution in [0.5, 0.6) is 5.75 Å². The highest BCUT2D eigenvalue weighted by Gasteiger charge is 2.77. The van der Waals surface area contributed by atoms with E-state index in [4.69, 9.17) is 0 Å². The third kappa shape index (κ3) is 2.99. The number of phenols is 1. The van der Waals surface area contributed by atoms with Crippen LogP contribution in [0.1, 0.15) is 82.9 Å². The first-order valence-corrected chi connectivity index (χ1v) is 13.5. The Morgan fingerprint density at radius 1 is 1.08 bits per heavy atom. The predicted molar refractivity (Wildman–Crippen MR) is 143 cm³/mol. The number of rotatable bonds is 3. The molecule has 0 aromatic heterocycles. The van der Waals surface area contributed by atoms with Gasteiger partial charge < -0.3 is 25.5 Å². The summed E-state index contributed by atoms with van der Waals surface area (Å²) < 4.78 is 0. The van der Waals surface area contributed by atoms with Gasteiger partial charge in [0, 0.05) is 28.2 Å². The number of benzene rings is 1. The lowest BCUT2D eigenvalue weighted by Crippen LogP contribution is -2.75. The van der Waals surface area contributed by atoms with Gasteiger partial charge in [-0.25, -0.2) is 0 Å². The lowest BCUT2D eigenvalue weighted by molar-refractivity contribution is -0.215. The molecule has 0 heterocycles. The second-order valence-electron chi connectivity index (χ2n) is 12.4. The van der Waals surface area contributed by atoms with Crippen LogP contribution >= 0.6 is 0 Å².